The fourth-order valence-corrected chi connectivity index (χ4v) is 2.01. The standard InChI is InChI=1S/C17H19N3O2S/c1-21-15-8-14(9-16(10-15)22-2)12-19-20-17(23)18-11-13-6-4-3-5-7-13/h3-10,12H,11H2,1-2H3,(H2,18,20,23). The molecule has 0 aliphatic heterocycles. The van der Waals surface area contributed by atoms with Crippen LogP contribution in [0.2, 0.25) is 0 Å². The van der Waals surface area contributed by atoms with Gasteiger partial charge in [-0.1, -0.05) is 30.3 Å². The van der Waals surface area contributed by atoms with Gasteiger partial charge in [0.05, 0.1) is 20.4 Å². The summed E-state index contributed by atoms with van der Waals surface area (Å²) in [5.41, 5.74) is 4.78. The highest BCUT2D eigenvalue weighted by atomic mass is 32.1. The molecule has 0 radical (unpaired) electrons. The molecule has 2 rings (SSSR count). The third-order valence-electron chi connectivity index (χ3n) is 3.05. The Morgan fingerprint density at radius 3 is 2.35 bits per heavy atom. The fourth-order valence-electron chi connectivity index (χ4n) is 1.89. The number of methoxy groups -OCH3 is 2. The molecule has 0 aromatic heterocycles. The minimum atomic E-state index is 0.458. The summed E-state index contributed by atoms with van der Waals surface area (Å²) < 4.78 is 10.4. The first-order chi connectivity index (χ1) is 11.2. The maximum atomic E-state index is 5.21. The number of ether oxygens (including phenoxy) is 2. The van der Waals surface area contributed by atoms with E-state index >= 15 is 0 Å². The van der Waals surface area contributed by atoms with Gasteiger partial charge in [0.1, 0.15) is 11.5 Å². The van der Waals surface area contributed by atoms with Gasteiger partial charge in [0.15, 0.2) is 5.11 Å². The molecule has 0 fully saturated rings. The zero-order valence-electron chi connectivity index (χ0n) is 13.1. The molecule has 0 aliphatic carbocycles. The van der Waals surface area contributed by atoms with E-state index in [-0.39, 0.29) is 0 Å². The molecule has 0 unspecified atom stereocenters. The minimum Gasteiger partial charge on any atom is -0.497 e. The zero-order chi connectivity index (χ0) is 16.5. The molecule has 5 nitrogen and oxygen atoms in total. The highest BCUT2D eigenvalue weighted by Crippen LogP contribution is 2.21. The molecule has 2 N–H and O–H groups in total. The second kappa shape index (κ2) is 8.75. The Labute approximate surface area is 141 Å². The first-order valence-electron chi connectivity index (χ1n) is 7.05. The summed E-state index contributed by atoms with van der Waals surface area (Å²) in [7, 11) is 3.22. The fraction of sp³-hybridized carbons (Fsp3) is 0.176. The van der Waals surface area contributed by atoms with Crippen molar-refractivity contribution in [1.82, 2.24) is 10.7 Å². The van der Waals surface area contributed by atoms with Crippen LogP contribution < -0.4 is 20.2 Å². The number of hydrazone groups is 1. The van der Waals surface area contributed by atoms with Crippen molar-refractivity contribution in [2.75, 3.05) is 14.2 Å². The quantitative estimate of drug-likeness (QED) is 0.485. The lowest BCUT2D eigenvalue weighted by atomic mass is 10.2. The van der Waals surface area contributed by atoms with E-state index in [1.54, 1.807) is 26.5 Å². The Morgan fingerprint density at radius 1 is 1.09 bits per heavy atom. The van der Waals surface area contributed by atoms with Gasteiger partial charge in [-0.3, -0.25) is 5.43 Å². The first kappa shape index (κ1) is 16.8. The van der Waals surface area contributed by atoms with Gasteiger partial charge < -0.3 is 14.8 Å². The monoisotopic (exact) mass is 329 g/mol. The van der Waals surface area contributed by atoms with Crippen LogP contribution in [0, 0.1) is 0 Å². The normalized spacial score (nSPS) is 10.3. The first-order valence-corrected chi connectivity index (χ1v) is 7.46. The largest absolute Gasteiger partial charge is 0.497 e. The number of hydrogen-bond acceptors (Lipinski definition) is 4. The van der Waals surface area contributed by atoms with Gasteiger partial charge in [0.25, 0.3) is 0 Å². The van der Waals surface area contributed by atoms with Crippen LogP contribution in [0.5, 0.6) is 11.5 Å². The lowest BCUT2D eigenvalue weighted by molar-refractivity contribution is 0.394. The maximum absolute atomic E-state index is 5.21. The molecule has 0 amide bonds. The summed E-state index contributed by atoms with van der Waals surface area (Å²) in [5, 5.41) is 7.66. The van der Waals surface area contributed by atoms with Gasteiger partial charge in [0, 0.05) is 18.2 Å². The third-order valence-corrected chi connectivity index (χ3v) is 3.29. The summed E-state index contributed by atoms with van der Waals surface area (Å²) in [6, 6.07) is 15.5. The summed E-state index contributed by atoms with van der Waals surface area (Å²) >= 11 is 5.18. The second-order valence-electron chi connectivity index (χ2n) is 4.68. The van der Waals surface area contributed by atoms with E-state index in [1.807, 2.05) is 42.5 Å². The summed E-state index contributed by atoms with van der Waals surface area (Å²) in [6.45, 7) is 0.648. The van der Waals surface area contributed by atoms with Crippen molar-refractivity contribution in [2.45, 2.75) is 6.54 Å². The van der Waals surface area contributed by atoms with Gasteiger partial charge in [-0.15, -0.1) is 0 Å². The number of nitrogens with zero attached hydrogens (tertiary/aromatic N) is 1. The molecule has 2 aromatic rings. The Bertz CT molecular complexity index is 653. The molecule has 23 heavy (non-hydrogen) atoms. The van der Waals surface area contributed by atoms with E-state index in [1.165, 1.54) is 0 Å². The van der Waals surface area contributed by atoms with Crippen molar-refractivity contribution in [2.24, 2.45) is 5.10 Å². The molecule has 0 saturated carbocycles. The van der Waals surface area contributed by atoms with Crippen molar-refractivity contribution in [3.8, 4) is 11.5 Å². The molecule has 6 heteroatoms. The molecule has 120 valence electrons. The molecular formula is C17H19N3O2S. The van der Waals surface area contributed by atoms with E-state index in [0.29, 0.717) is 23.2 Å². The van der Waals surface area contributed by atoms with Crippen LogP contribution in [0.15, 0.2) is 53.6 Å². The van der Waals surface area contributed by atoms with Gasteiger partial charge in [-0.05, 0) is 29.9 Å². The minimum absolute atomic E-state index is 0.458. The summed E-state index contributed by atoms with van der Waals surface area (Å²) in [6.07, 6.45) is 1.65. The molecule has 2 aromatic carbocycles. The van der Waals surface area contributed by atoms with E-state index in [0.717, 1.165) is 11.1 Å². The number of benzene rings is 2. The Morgan fingerprint density at radius 2 is 1.74 bits per heavy atom. The average Bonchev–Trinajstić information content (AvgIpc) is 2.60. The van der Waals surface area contributed by atoms with E-state index in [2.05, 4.69) is 15.8 Å². The van der Waals surface area contributed by atoms with Crippen LogP contribution in [0.25, 0.3) is 0 Å². The topological polar surface area (TPSA) is 54.9 Å². The van der Waals surface area contributed by atoms with Crippen LogP contribution in [-0.2, 0) is 6.54 Å². The Balaban J connectivity index is 1.87. The van der Waals surface area contributed by atoms with Crippen LogP contribution in [0.1, 0.15) is 11.1 Å². The van der Waals surface area contributed by atoms with Crippen LogP contribution >= 0.6 is 12.2 Å². The lowest BCUT2D eigenvalue weighted by Gasteiger charge is -2.07. The molecule has 0 heterocycles. The van der Waals surface area contributed by atoms with E-state index in [9.17, 15) is 0 Å². The predicted molar refractivity (Wildman–Crippen MR) is 96.2 cm³/mol. The molecule has 0 aliphatic rings. The Hall–Kier alpha value is -2.60. The summed E-state index contributed by atoms with van der Waals surface area (Å²) in [4.78, 5) is 0. The number of thiocarbonyl (C=S) groups is 1. The Kier molecular flexibility index (Phi) is 6.38. The maximum Gasteiger partial charge on any atom is 0.187 e. The van der Waals surface area contributed by atoms with Gasteiger partial charge in [-0.25, -0.2) is 0 Å². The third kappa shape index (κ3) is 5.60. The smallest absolute Gasteiger partial charge is 0.187 e. The average molecular weight is 329 g/mol. The number of nitrogens with one attached hydrogen (secondary N) is 2. The van der Waals surface area contributed by atoms with E-state index in [4.69, 9.17) is 21.7 Å². The highest BCUT2D eigenvalue weighted by Gasteiger charge is 2.00. The number of hydrogen-bond donors (Lipinski definition) is 2. The second-order valence-corrected chi connectivity index (χ2v) is 5.09. The highest BCUT2D eigenvalue weighted by molar-refractivity contribution is 7.80. The van der Waals surface area contributed by atoms with Crippen molar-refractivity contribution >= 4 is 23.5 Å². The van der Waals surface area contributed by atoms with Gasteiger partial charge in [0.2, 0.25) is 0 Å². The van der Waals surface area contributed by atoms with Crippen LogP contribution in [0.3, 0.4) is 0 Å². The number of rotatable bonds is 6. The van der Waals surface area contributed by atoms with Gasteiger partial charge >= 0.3 is 0 Å². The van der Waals surface area contributed by atoms with Crippen molar-refractivity contribution < 1.29 is 9.47 Å². The van der Waals surface area contributed by atoms with E-state index < -0.39 is 0 Å². The van der Waals surface area contributed by atoms with Crippen molar-refractivity contribution in [1.29, 1.82) is 0 Å². The van der Waals surface area contributed by atoms with Gasteiger partial charge in [-0.2, -0.15) is 5.10 Å². The van der Waals surface area contributed by atoms with Crippen LogP contribution in [-0.4, -0.2) is 25.5 Å². The van der Waals surface area contributed by atoms with Crippen molar-refractivity contribution in [3.63, 3.8) is 0 Å². The van der Waals surface area contributed by atoms with Crippen LogP contribution in [0.4, 0.5) is 0 Å². The van der Waals surface area contributed by atoms with Crippen molar-refractivity contribution in [3.05, 3.63) is 59.7 Å². The molecular weight excluding hydrogens is 310 g/mol. The summed E-state index contributed by atoms with van der Waals surface area (Å²) in [5.74, 6) is 1.41. The molecule has 0 spiro atoms. The zero-order valence-corrected chi connectivity index (χ0v) is 13.9. The lowest BCUT2D eigenvalue weighted by Crippen LogP contribution is -2.31. The molecule has 0 saturated heterocycles. The SMILES string of the molecule is COc1cc(C=NNC(=S)NCc2ccccc2)cc(OC)c1. The molecule has 0 bridgehead atoms. The predicted octanol–water partition coefficient (Wildman–Crippen LogP) is 2.70. The molecule has 0 atom stereocenters.